The van der Waals surface area contributed by atoms with Crippen LogP contribution >= 0.6 is 0 Å². The number of hydrogen-bond acceptors (Lipinski definition) is 7. The molecule has 1 saturated heterocycles. The number of ether oxygens (including phenoxy) is 2. The topological polar surface area (TPSA) is 120 Å². The average Bonchev–Trinajstić information content (AvgIpc) is 3.51. The molecule has 1 aliphatic rings. The van der Waals surface area contributed by atoms with Crippen molar-refractivity contribution in [3.63, 3.8) is 0 Å². The summed E-state index contributed by atoms with van der Waals surface area (Å²) in [6.07, 6.45) is 1.60. The molecular weight excluding hydrogens is 454 g/mol. The fourth-order valence-corrected chi connectivity index (χ4v) is 3.92. The first-order chi connectivity index (χ1) is 16.7. The fraction of sp³-hybridized carbons (Fsp3) is 0.200. The Balaban J connectivity index is 1.59. The van der Waals surface area contributed by atoms with Crippen LogP contribution in [0.25, 0.3) is 11.8 Å². The standard InChI is InChI=1S/C25H23N3O7/c1-14-10-17(15(2)28(14)18-7-5-6-16(11-18)23(30)33-3)12-20-22(29)27(25(32)26-20)13-19-8-9-21(35-19)24(31)34-4/h5-12H,13H2,1-4H3,(H,26,32). The van der Waals surface area contributed by atoms with Gasteiger partial charge in [-0.15, -0.1) is 0 Å². The minimum Gasteiger partial charge on any atom is -0.465 e. The van der Waals surface area contributed by atoms with E-state index in [1.54, 1.807) is 24.3 Å². The Morgan fingerprint density at radius 2 is 1.77 bits per heavy atom. The molecule has 10 heteroatoms. The van der Waals surface area contributed by atoms with Gasteiger partial charge in [0.1, 0.15) is 11.5 Å². The molecule has 1 fully saturated rings. The van der Waals surface area contributed by atoms with E-state index in [4.69, 9.17) is 9.15 Å². The van der Waals surface area contributed by atoms with Crippen LogP contribution in [-0.2, 0) is 20.8 Å². The van der Waals surface area contributed by atoms with Crippen LogP contribution in [-0.4, -0.2) is 47.6 Å². The van der Waals surface area contributed by atoms with Gasteiger partial charge < -0.3 is 23.8 Å². The number of nitrogens with zero attached hydrogens (tertiary/aromatic N) is 2. The molecule has 35 heavy (non-hydrogen) atoms. The average molecular weight is 477 g/mol. The van der Waals surface area contributed by atoms with E-state index in [9.17, 15) is 19.2 Å². The molecule has 0 bridgehead atoms. The molecule has 3 aromatic rings. The molecule has 0 radical (unpaired) electrons. The number of imide groups is 1. The van der Waals surface area contributed by atoms with Gasteiger partial charge in [0, 0.05) is 17.1 Å². The predicted molar refractivity (Wildman–Crippen MR) is 124 cm³/mol. The van der Waals surface area contributed by atoms with Crippen molar-refractivity contribution in [1.82, 2.24) is 14.8 Å². The summed E-state index contributed by atoms with van der Waals surface area (Å²) >= 11 is 0. The monoisotopic (exact) mass is 477 g/mol. The van der Waals surface area contributed by atoms with Gasteiger partial charge in [-0.2, -0.15) is 0 Å². The third kappa shape index (κ3) is 4.45. The van der Waals surface area contributed by atoms with Crippen LogP contribution in [0.2, 0.25) is 0 Å². The summed E-state index contributed by atoms with van der Waals surface area (Å²) in [5.74, 6) is -1.37. The van der Waals surface area contributed by atoms with E-state index in [-0.39, 0.29) is 23.8 Å². The van der Waals surface area contributed by atoms with Crippen molar-refractivity contribution < 1.29 is 33.1 Å². The molecule has 3 heterocycles. The van der Waals surface area contributed by atoms with Crippen molar-refractivity contribution in [1.29, 1.82) is 0 Å². The molecule has 0 spiro atoms. The molecule has 0 saturated carbocycles. The number of carbonyl (C=O) groups excluding carboxylic acids is 4. The summed E-state index contributed by atoms with van der Waals surface area (Å²) in [4.78, 5) is 49.9. The Hall–Kier alpha value is -4.60. The summed E-state index contributed by atoms with van der Waals surface area (Å²) in [7, 11) is 2.55. The number of benzene rings is 1. The van der Waals surface area contributed by atoms with Crippen molar-refractivity contribution in [2.75, 3.05) is 14.2 Å². The van der Waals surface area contributed by atoms with Gasteiger partial charge in [-0.05, 0) is 61.9 Å². The number of urea groups is 1. The lowest BCUT2D eigenvalue weighted by molar-refractivity contribution is -0.123. The minimum absolute atomic E-state index is 0.0194. The molecule has 180 valence electrons. The first kappa shape index (κ1) is 23.6. The number of furan rings is 1. The number of esters is 2. The number of rotatable bonds is 6. The van der Waals surface area contributed by atoms with Crippen molar-refractivity contribution in [2.45, 2.75) is 20.4 Å². The van der Waals surface area contributed by atoms with E-state index in [1.807, 2.05) is 30.5 Å². The summed E-state index contributed by atoms with van der Waals surface area (Å²) in [5, 5.41) is 2.59. The van der Waals surface area contributed by atoms with Gasteiger partial charge in [0.15, 0.2) is 0 Å². The number of nitrogens with one attached hydrogen (secondary N) is 1. The number of amides is 3. The lowest BCUT2D eigenvalue weighted by atomic mass is 10.2. The molecule has 1 aromatic carbocycles. The second kappa shape index (κ2) is 9.34. The van der Waals surface area contributed by atoms with Gasteiger partial charge in [0.2, 0.25) is 5.76 Å². The van der Waals surface area contributed by atoms with Crippen molar-refractivity contribution in [2.24, 2.45) is 0 Å². The maximum atomic E-state index is 12.9. The van der Waals surface area contributed by atoms with Gasteiger partial charge in [-0.3, -0.25) is 9.69 Å². The van der Waals surface area contributed by atoms with Crippen molar-refractivity contribution >= 4 is 30.0 Å². The van der Waals surface area contributed by atoms with E-state index in [0.717, 1.165) is 27.5 Å². The summed E-state index contributed by atoms with van der Waals surface area (Å²) in [6, 6.07) is 11.2. The van der Waals surface area contributed by atoms with E-state index in [2.05, 4.69) is 10.1 Å². The number of aryl methyl sites for hydroxylation is 1. The normalized spacial score (nSPS) is 14.4. The SMILES string of the molecule is COC(=O)c1cccc(-n2c(C)cc(C=C3NC(=O)N(Cc4ccc(C(=O)OC)o4)C3=O)c2C)c1. The van der Waals surface area contributed by atoms with E-state index < -0.39 is 23.9 Å². The Bertz CT molecular complexity index is 1380. The van der Waals surface area contributed by atoms with Crippen LogP contribution in [0.15, 0.2) is 52.6 Å². The number of aromatic nitrogens is 1. The van der Waals surface area contributed by atoms with Crippen LogP contribution in [0.5, 0.6) is 0 Å². The maximum absolute atomic E-state index is 12.9. The summed E-state index contributed by atoms with van der Waals surface area (Å²) < 4.78 is 16.7. The van der Waals surface area contributed by atoms with Gasteiger partial charge in [0.25, 0.3) is 5.91 Å². The number of hydrogen-bond donors (Lipinski definition) is 1. The van der Waals surface area contributed by atoms with E-state index >= 15 is 0 Å². The Morgan fingerprint density at radius 3 is 2.49 bits per heavy atom. The first-order valence-electron chi connectivity index (χ1n) is 10.6. The molecular formula is C25H23N3O7. The molecule has 3 amide bonds. The van der Waals surface area contributed by atoms with Crippen LogP contribution in [0.4, 0.5) is 4.79 Å². The summed E-state index contributed by atoms with van der Waals surface area (Å²) in [6.45, 7) is 3.63. The maximum Gasteiger partial charge on any atom is 0.373 e. The van der Waals surface area contributed by atoms with Gasteiger partial charge in [-0.25, -0.2) is 14.4 Å². The minimum atomic E-state index is -0.651. The molecule has 1 aliphatic heterocycles. The molecule has 0 aliphatic carbocycles. The fourth-order valence-electron chi connectivity index (χ4n) is 3.92. The summed E-state index contributed by atoms with van der Waals surface area (Å²) in [5.41, 5.74) is 3.69. The molecule has 1 N–H and O–H groups in total. The Kier molecular flexibility index (Phi) is 6.28. The van der Waals surface area contributed by atoms with Crippen LogP contribution in [0.1, 0.15) is 43.6 Å². The largest absolute Gasteiger partial charge is 0.465 e. The van der Waals surface area contributed by atoms with Crippen LogP contribution in [0.3, 0.4) is 0 Å². The molecule has 0 atom stereocenters. The van der Waals surface area contributed by atoms with Crippen LogP contribution in [0, 0.1) is 13.8 Å². The zero-order chi connectivity index (χ0) is 25.3. The quantitative estimate of drug-likeness (QED) is 0.328. The molecule has 2 aromatic heterocycles. The first-order valence-corrected chi connectivity index (χ1v) is 10.6. The van der Waals surface area contributed by atoms with E-state index in [1.165, 1.54) is 26.4 Å². The predicted octanol–water partition coefficient (Wildman–Crippen LogP) is 3.35. The number of carbonyl (C=O) groups is 4. The highest BCUT2D eigenvalue weighted by molar-refractivity contribution is 6.14. The van der Waals surface area contributed by atoms with Crippen LogP contribution < -0.4 is 5.32 Å². The Labute approximate surface area is 200 Å². The third-order valence-electron chi connectivity index (χ3n) is 5.62. The third-order valence-corrected chi connectivity index (χ3v) is 5.62. The second-order valence-electron chi connectivity index (χ2n) is 7.84. The van der Waals surface area contributed by atoms with Gasteiger partial charge in [0.05, 0.1) is 26.3 Å². The smallest absolute Gasteiger partial charge is 0.373 e. The van der Waals surface area contributed by atoms with Crippen molar-refractivity contribution in [3.05, 3.63) is 82.2 Å². The van der Waals surface area contributed by atoms with Gasteiger partial charge >= 0.3 is 18.0 Å². The van der Waals surface area contributed by atoms with Crippen molar-refractivity contribution in [3.8, 4) is 5.69 Å². The molecule has 4 rings (SSSR count). The molecule has 10 nitrogen and oxygen atoms in total. The van der Waals surface area contributed by atoms with E-state index in [0.29, 0.717) is 5.56 Å². The van der Waals surface area contributed by atoms with Gasteiger partial charge in [-0.1, -0.05) is 6.07 Å². The lowest BCUT2D eigenvalue weighted by Gasteiger charge is -2.11. The zero-order valence-electron chi connectivity index (χ0n) is 19.6. The Morgan fingerprint density at radius 1 is 1.03 bits per heavy atom. The highest BCUT2D eigenvalue weighted by Crippen LogP contribution is 2.25. The molecule has 0 unspecified atom stereocenters. The zero-order valence-corrected chi connectivity index (χ0v) is 19.6. The number of methoxy groups -OCH3 is 2. The highest BCUT2D eigenvalue weighted by Gasteiger charge is 2.34. The second-order valence-corrected chi connectivity index (χ2v) is 7.84. The lowest BCUT2D eigenvalue weighted by Crippen LogP contribution is -2.30. The highest BCUT2D eigenvalue weighted by atomic mass is 16.5.